The molecule has 0 radical (unpaired) electrons. The molecule has 0 aromatic heterocycles. The van der Waals surface area contributed by atoms with E-state index in [0.717, 1.165) is 24.8 Å². The zero-order chi connectivity index (χ0) is 16.8. The summed E-state index contributed by atoms with van der Waals surface area (Å²) in [5.74, 6) is 0.605. The second kappa shape index (κ2) is 5.49. The van der Waals surface area contributed by atoms with Crippen molar-refractivity contribution in [2.45, 2.75) is 84.3 Å². The molecule has 2 aliphatic rings. The third kappa shape index (κ3) is 3.05. The minimum Gasteiger partial charge on any atom is -0.386 e. The van der Waals surface area contributed by atoms with E-state index in [0.29, 0.717) is 17.8 Å². The monoisotopic (exact) mass is 306 g/mol. The molecule has 0 aromatic carbocycles. The molecular formula is C20H34O2. The molecule has 0 amide bonds. The fraction of sp³-hybridized carbons (Fsp3) is 0.800. The largest absolute Gasteiger partial charge is 0.386 e. The van der Waals surface area contributed by atoms with Crippen LogP contribution in [0.5, 0.6) is 0 Å². The number of hydrogen-bond donors (Lipinski definition) is 2. The maximum Gasteiger partial charge on any atom is 0.0834 e. The van der Waals surface area contributed by atoms with Gasteiger partial charge in [0, 0.05) is 0 Å². The second-order valence-electron chi connectivity index (χ2n) is 9.01. The van der Waals surface area contributed by atoms with Gasteiger partial charge >= 0.3 is 0 Å². The highest BCUT2D eigenvalue weighted by atomic mass is 16.3. The minimum atomic E-state index is -0.906. The predicted molar refractivity (Wildman–Crippen MR) is 92.6 cm³/mol. The molecule has 0 aromatic rings. The predicted octanol–water partition coefficient (Wildman–Crippen LogP) is 4.62. The van der Waals surface area contributed by atoms with Crippen molar-refractivity contribution >= 4 is 0 Å². The number of hydrogen-bond acceptors (Lipinski definition) is 2. The zero-order valence-electron chi connectivity index (χ0n) is 15.1. The summed E-state index contributed by atoms with van der Waals surface area (Å²) in [7, 11) is 0. The molecule has 2 nitrogen and oxygen atoms in total. The molecular weight excluding hydrogens is 272 g/mol. The van der Waals surface area contributed by atoms with Crippen LogP contribution in [0.3, 0.4) is 0 Å². The van der Waals surface area contributed by atoms with Gasteiger partial charge in [0.2, 0.25) is 0 Å². The Morgan fingerprint density at radius 3 is 2.45 bits per heavy atom. The molecule has 2 aliphatic carbocycles. The normalized spacial score (nSPS) is 42.5. The van der Waals surface area contributed by atoms with E-state index in [1.54, 1.807) is 13.0 Å². The molecule has 4 unspecified atom stereocenters. The van der Waals surface area contributed by atoms with Gasteiger partial charge in [0.1, 0.15) is 0 Å². The van der Waals surface area contributed by atoms with Crippen LogP contribution >= 0.6 is 0 Å². The summed E-state index contributed by atoms with van der Waals surface area (Å²) in [6.07, 6.45) is 9.74. The van der Waals surface area contributed by atoms with Crippen LogP contribution in [-0.4, -0.2) is 21.4 Å². The average molecular weight is 306 g/mol. The van der Waals surface area contributed by atoms with Crippen molar-refractivity contribution in [3.05, 3.63) is 24.3 Å². The summed E-state index contributed by atoms with van der Waals surface area (Å²) in [5, 5.41) is 21.3. The third-order valence-corrected chi connectivity index (χ3v) is 6.50. The molecule has 126 valence electrons. The van der Waals surface area contributed by atoms with E-state index in [1.165, 1.54) is 12.8 Å². The molecule has 0 heterocycles. The molecule has 0 saturated heterocycles. The van der Waals surface area contributed by atoms with E-state index >= 15 is 0 Å². The summed E-state index contributed by atoms with van der Waals surface area (Å²) in [5.41, 5.74) is -0.150. The highest BCUT2D eigenvalue weighted by Gasteiger charge is 2.54. The Bertz CT molecular complexity index is 470. The summed E-state index contributed by atoms with van der Waals surface area (Å²) in [4.78, 5) is 0. The highest BCUT2D eigenvalue weighted by Crippen LogP contribution is 2.61. The van der Waals surface area contributed by atoms with Gasteiger partial charge in [-0.05, 0) is 68.3 Å². The van der Waals surface area contributed by atoms with Gasteiger partial charge in [0.15, 0.2) is 0 Å². The maximum absolute atomic E-state index is 11.0. The van der Waals surface area contributed by atoms with Gasteiger partial charge < -0.3 is 10.2 Å². The third-order valence-electron chi connectivity index (χ3n) is 6.50. The minimum absolute atomic E-state index is 0.0424. The Morgan fingerprint density at radius 1 is 1.23 bits per heavy atom. The van der Waals surface area contributed by atoms with E-state index in [1.807, 2.05) is 6.92 Å². The van der Waals surface area contributed by atoms with Crippen LogP contribution in [-0.2, 0) is 0 Å². The quantitative estimate of drug-likeness (QED) is 0.747. The van der Waals surface area contributed by atoms with Crippen molar-refractivity contribution in [3.8, 4) is 0 Å². The summed E-state index contributed by atoms with van der Waals surface area (Å²) < 4.78 is 0. The highest BCUT2D eigenvalue weighted by molar-refractivity contribution is 5.30. The molecule has 0 bridgehead atoms. The Hall–Kier alpha value is -0.600. The summed E-state index contributed by atoms with van der Waals surface area (Å²) in [6.45, 7) is 14.5. The van der Waals surface area contributed by atoms with Crippen molar-refractivity contribution in [2.75, 3.05) is 0 Å². The van der Waals surface area contributed by atoms with E-state index < -0.39 is 11.2 Å². The smallest absolute Gasteiger partial charge is 0.0834 e. The van der Waals surface area contributed by atoms with E-state index in [9.17, 15) is 10.2 Å². The lowest BCUT2D eigenvalue weighted by Gasteiger charge is -2.58. The van der Waals surface area contributed by atoms with Crippen molar-refractivity contribution in [1.29, 1.82) is 0 Å². The lowest BCUT2D eigenvalue weighted by atomic mass is 9.47. The van der Waals surface area contributed by atoms with Gasteiger partial charge in [-0.25, -0.2) is 0 Å². The SMILES string of the molecule is C=CC(C)(O)CC=C1C(C)(O)CCC2C(C)(C)CCCC12C. The van der Waals surface area contributed by atoms with Crippen molar-refractivity contribution in [1.82, 2.24) is 0 Å². The van der Waals surface area contributed by atoms with Crippen LogP contribution in [0.4, 0.5) is 0 Å². The molecule has 4 atom stereocenters. The second-order valence-corrected chi connectivity index (χ2v) is 9.01. The zero-order valence-corrected chi connectivity index (χ0v) is 15.1. The Balaban J connectivity index is 2.42. The molecule has 2 rings (SSSR count). The van der Waals surface area contributed by atoms with Gasteiger partial charge in [-0.2, -0.15) is 0 Å². The number of aliphatic hydroxyl groups is 2. The van der Waals surface area contributed by atoms with E-state index in [2.05, 4.69) is 33.4 Å². The van der Waals surface area contributed by atoms with Crippen LogP contribution in [0.15, 0.2) is 24.3 Å². The lowest BCUT2D eigenvalue weighted by Crippen LogP contribution is -2.52. The van der Waals surface area contributed by atoms with Gasteiger partial charge in [-0.3, -0.25) is 0 Å². The Labute approximate surface area is 136 Å². The van der Waals surface area contributed by atoms with Gasteiger partial charge in [-0.15, -0.1) is 6.58 Å². The number of rotatable bonds is 3. The first-order valence-corrected chi connectivity index (χ1v) is 8.74. The molecule has 2 N–H and O–H groups in total. The Kier molecular flexibility index (Phi) is 4.43. The van der Waals surface area contributed by atoms with Gasteiger partial charge in [0.25, 0.3) is 0 Å². The molecule has 2 heteroatoms. The average Bonchev–Trinajstić information content (AvgIpc) is 2.35. The fourth-order valence-corrected chi connectivity index (χ4v) is 5.17. The number of fused-ring (bicyclic) bond motifs is 1. The summed E-state index contributed by atoms with van der Waals surface area (Å²) in [6, 6.07) is 0. The first-order chi connectivity index (χ1) is 9.95. The molecule has 0 aliphatic heterocycles. The maximum atomic E-state index is 11.0. The molecule has 2 saturated carbocycles. The van der Waals surface area contributed by atoms with Gasteiger partial charge in [0.05, 0.1) is 11.2 Å². The molecule has 22 heavy (non-hydrogen) atoms. The van der Waals surface area contributed by atoms with E-state index in [4.69, 9.17) is 0 Å². The van der Waals surface area contributed by atoms with Crippen LogP contribution in [0.1, 0.15) is 73.1 Å². The van der Waals surface area contributed by atoms with Crippen LogP contribution in [0.2, 0.25) is 0 Å². The molecule has 2 fully saturated rings. The van der Waals surface area contributed by atoms with E-state index in [-0.39, 0.29) is 5.41 Å². The standard InChI is InChI=1S/C20H34O2/c1-7-18(4,21)13-9-16-19(5)12-8-11-17(2,3)15(19)10-14-20(16,6)22/h7,9,15,21-22H,1,8,10-14H2,2-6H3. The van der Waals surface area contributed by atoms with Crippen molar-refractivity contribution in [2.24, 2.45) is 16.7 Å². The fourth-order valence-electron chi connectivity index (χ4n) is 5.17. The van der Waals surface area contributed by atoms with Crippen LogP contribution < -0.4 is 0 Å². The summed E-state index contributed by atoms with van der Waals surface area (Å²) >= 11 is 0. The van der Waals surface area contributed by atoms with Crippen molar-refractivity contribution in [3.63, 3.8) is 0 Å². The van der Waals surface area contributed by atoms with Crippen LogP contribution in [0.25, 0.3) is 0 Å². The lowest BCUT2D eigenvalue weighted by molar-refractivity contribution is -0.0612. The first-order valence-electron chi connectivity index (χ1n) is 8.74. The van der Waals surface area contributed by atoms with Crippen LogP contribution in [0, 0.1) is 16.7 Å². The van der Waals surface area contributed by atoms with Gasteiger partial charge in [-0.1, -0.05) is 39.3 Å². The Morgan fingerprint density at radius 2 is 1.86 bits per heavy atom. The van der Waals surface area contributed by atoms with Crippen molar-refractivity contribution < 1.29 is 10.2 Å². The first kappa shape index (κ1) is 17.7. The topological polar surface area (TPSA) is 40.5 Å². The molecule has 0 spiro atoms.